The van der Waals surface area contributed by atoms with Crippen molar-refractivity contribution < 1.29 is 9.53 Å². The van der Waals surface area contributed by atoms with Gasteiger partial charge in [-0.1, -0.05) is 25.4 Å². The number of nitrogens with one attached hydrogen (secondary N) is 1. The first-order chi connectivity index (χ1) is 8.85. The molecular formula is C13H20ClN3O2. The molecule has 0 radical (unpaired) electrons. The number of rotatable bonds is 6. The number of carbonyl (C=O) groups is 1. The fraction of sp³-hybridized carbons (Fsp3) is 0.538. The maximum absolute atomic E-state index is 12.0. The zero-order chi connectivity index (χ0) is 14.5. The molecule has 0 bridgehead atoms. The molecule has 0 aliphatic carbocycles. The minimum atomic E-state index is -0.317. The van der Waals surface area contributed by atoms with Gasteiger partial charge in [0.25, 0.3) is 5.91 Å². The molecule has 5 nitrogen and oxygen atoms in total. The number of hydrogen-bond donors (Lipinski definition) is 2. The average molecular weight is 286 g/mol. The predicted octanol–water partition coefficient (Wildman–Crippen LogP) is 2.11. The average Bonchev–Trinajstić information content (AvgIpc) is 2.36. The molecule has 0 atom stereocenters. The van der Waals surface area contributed by atoms with Crippen molar-refractivity contribution in [2.45, 2.75) is 20.3 Å². The first kappa shape index (κ1) is 15.7. The fourth-order valence-electron chi connectivity index (χ4n) is 1.49. The Labute approximate surface area is 118 Å². The third-order valence-electron chi connectivity index (χ3n) is 2.79. The van der Waals surface area contributed by atoms with Crippen LogP contribution in [0.4, 0.5) is 5.82 Å². The molecule has 106 valence electrons. The zero-order valence-electron chi connectivity index (χ0n) is 11.5. The number of halogens is 1. The second-order valence-electron chi connectivity index (χ2n) is 5.16. The summed E-state index contributed by atoms with van der Waals surface area (Å²) in [7, 11) is 1.66. The molecule has 0 aromatic carbocycles. The summed E-state index contributed by atoms with van der Waals surface area (Å²) in [5.74, 6) is -0.0454. The number of pyridine rings is 1. The van der Waals surface area contributed by atoms with E-state index >= 15 is 0 Å². The highest BCUT2D eigenvalue weighted by Crippen LogP contribution is 2.20. The van der Waals surface area contributed by atoms with Gasteiger partial charge in [-0.05, 0) is 24.0 Å². The van der Waals surface area contributed by atoms with E-state index < -0.39 is 0 Å². The van der Waals surface area contributed by atoms with Gasteiger partial charge in [-0.25, -0.2) is 4.98 Å². The second kappa shape index (κ2) is 6.73. The van der Waals surface area contributed by atoms with Gasteiger partial charge in [0.15, 0.2) is 0 Å². The summed E-state index contributed by atoms with van der Waals surface area (Å²) in [6.45, 7) is 5.28. The van der Waals surface area contributed by atoms with Gasteiger partial charge in [-0.3, -0.25) is 4.79 Å². The van der Waals surface area contributed by atoms with E-state index in [9.17, 15) is 4.79 Å². The molecule has 0 aliphatic rings. The highest BCUT2D eigenvalue weighted by molar-refractivity contribution is 6.33. The molecule has 19 heavy (non-hydrogen) atoms. The molecule has 0 saturated heterocycles. The highest BCUT2D eigenvalue weighted by Gasteiger charge is 2.20. The molecule has 1 amide bonds. The maximum atomic E-state index is 12.0. The quantitative estimate of drug-likeness (QED) is 0.839. The van der Waals surface area contributed by atoms with E-state index in [1.807, 2.05) is 0 Å². The topological polar surface area (TPSA) is 77.2 Å². The van der Waals surface area contributed by atoms with Crippen LogP contribution in [0.5, 0.6) is 0 Å². The zero-order valence-corrected chi connectivity index (χ0v) is 12.3. The largest absolute Gasteiger partial charge is 0.385 e. The monoisotopic (exact) mass is 285 g/mol. The molecule has 1 heterocycles. The minimum absolute atomic E-state index is 0.0571. The molecule has 6 heteroatoms. The Morgan fingerprint density at radius 3 is 2.84 bits per heavy atom. The molecule has 3 N–H and O–H groups in total. The first-order valence-electron chi connectivity index (χ1n) is 6.05. The van der Waals surface area contributed by atoms with Gasteiger partial charge < -0.3 is 15.8 Å². The van der Waals surface area contributed by atoms with E-state index in [0.29, 0.717) is 18.2 Å². The Balaban J connectivity index is 2.62. The summed E-state index contributed by atoms with van der Waals surface area (Å²) in [5.41, 5.74) is 5.65. The number of amides is 1. The molecule has 0 saturated carbocycles. The van der Waals surface area contributed by atoms with Crippen molar-refractivity contribution in [3.05, 3.63) is 22.8 Å². The Morgan fingerprint density at radius 1 is 1.53 bits per heavy atom. The van der Waals surface area contributed by atoms with Gasteiger partial charge in [-0.15, -0.1) is 0 Å². The molecule has 1 rings (SSSR count). The third kappa shape index (κ3) is 5.04. The lowest BCUT2D eigenvalue weighted by atomic mass is 9.89. The Hall–Kier alpha value is -1.33. The van der Waals surface area contributed by atoms with E-state index in [-0.39, 0.29) is 22.8 Å². The van der Waals surface area contributed by atoms with Crippen molar-refractivity contribution >= 4 is 23.3 Å². The maximum Gasteiger partial charge on any atom is 0.271 e. The molecule has 0 spiro atoms. The van der Waals surface area contributed by atoms with Crippen molar-refractivity contribution in [3.63, 3.8) is 0 Å². The van der Waals surface area contributed by atoms with E-state index in [4.69, 9.17) is 22.1 Å². The second-order valence-corrected chi connectivity index (χ2v) is 5.56. The Morgan fingerprint density at radius 2 is 2.21 bits per heavy atom. The van der Waals surface area contributed by atoms with Gasteiger partial charge in [0, 0.05) is 20.3 Å². The summed E-state index contributed by atoms with van der Waals surface area (Å²) in [6, 6.07) is 3.12. The summed E-state index contributed by atoms with van der Waals surface area (Å²) in [5, 5.41) is 3.11. The summed E-state index contributed by atoms with van der Waals surface area (Å²) < 4.78 is 5.04. The lowest BCUT2D eigenvalue weighted by molar-refractivity contribution is 0.0916. The third-order valence-corrected chi connectivity index (χ3v) is 3.10. The number of methoxy groups -OCH3 is 1. The van der Waals surface area contributed by atoms with Crippen molar-refractivity contribution in [1.29, 1.82) is 0 Å². The van der Waals surface area contributed by atoms with E-state index in [1.54, 1.807) is 19.2 Å². The van der Waals surface area contributed by atoms with E-state index in [0.717, 1.165) is 6.42 Å². The number of nitrogen functional groups attached to an aromatic ring is 1. The summed E-state index contributed by atoms with van der Waals surface area (Å²) >= 11 is 5.93. The van der Waals surface area contributed by atoms with Crippen LogP contribution in [0.2, 0.25) is 5.02 Å². The molecule has 0 aliphatic heterocycles. The number of aromatic nitrogens is 1. The van der Waals surface area contributed by atoms with Gasteiger partial charge in [0.2, 0.25) is 0 Å². The molecule has 1 aromatic rings. The summed E-state index contributed by atoms with van der Waals surface area (Å²) in [4.78, 5) is 15.9. The van der Waals surface area contributed by atoms with Crippen LogP contribution in [-0.4, -0.2) is 31.2 Å². The predicted molar refractivity (Wildman–Crippen MR) is 76.3 cm³/mol. The number of carbonyl (C=O) groups excluding carboxylic acids is 1. The Bertz CT molecular complexity index is 450. The van der Waals surface area contributed by atoms with E-state index in [2.05, 4.69) is 24.1 Å². The van der Waals surface area contributed by atoms with Crippen molar-refractivity contribution in [1.82, 2.24) is 10.3 Å². The fourth-order valence-corrected chi connectivity index (χ4v) is 1.68. The molecule has 1 aromatic heterocycles. The normalized spacial score (nSPS) is 11.4. The van der Waals surface area contributed by atoms with Crippen LogP contribution < -0.4 is 11.1 Å². The number of anilines is 1. The van der Waals surface area contributed by atoms with Gasteiger partial charge in [0.1, 0.15) is 11.5 Å². The van der Waals surface area contributed by atoms with Crippen LogP contribution in [0, 0.1) is 5.41 Å². The smallest absolute Gasteiger partial charge is 0.271 e. The van der Waals surface area contributed by atoms with Crippen molar-refractivity contribution in [3.8, 4) is 0 Å². The SMILES string of the molecule is COCCC(C)(C)CNC(=O)c1nc(N)ccc1Cl. The highest BCUT2D eigenvalue weighted by atomic mass is 35.5. The van der Waals surface area contributed by atoms with Gasteiger partial charge in [0.05, 0.1) is 5.02 Å². The van der Waals surface area contributed by atoms with E-state index in [1.165, 1.54) is 0 Å². The van der Waals surface area contributed by atoms with Crippen LogP contribution >= 0.6 is 11.6 Å². The summed E-state index contributed by atoms with van der Waals surface area (Å²) in [6.07, 6.45) is 0.849. The molecular weight excluding hydrogens is 266 g/mol. The minimum Gasteiger partial charge on any atom is -0.385 e. The number of nitrogens with zero attached hydrogens (tertiary/aromatic N) is 1. The lowest BCUT2D eigenvalue weighted by Crippen LogP contribution is -2.35. The Kier molecular flexibility index (Phi) is 5.57. The van der Waals surface area contributed by atoms with Gasteiger partial charge in [-0.2, -0.15) is 0 Å². The number of hydrogen-bond acceptors (Lipinski definition) is 4. The molecule has 0 unspecified atom stereocenters. The van der Waals surface area contributed by atoms with Crippen LogP contribution in [-0.2, 0) is 4.74 Å². The van der Waals surface area contributed by atoms with Crippen LogP contribution in [0.1, 0.15) is 30.8 Å². The lowest BCUT2D eigenvalue weighted by Gasteiger charge is -2.24. The standard InChI is InChI=1S/C13H20ClN3O2/c1-13(2,6-7-19-3)8-16-12(18)11-9(14)4-5-10(15)17-11/h4-5H,6-8H2,1-3H3,(H2,15,17)(H,16,18). The molecule has 0 fully saturated rings. The van der Waals surface area contributed by atoms with Gasteiger partial charge >= 0.3 is 0 Å². The number of nitrogens with two attached hydrogens (primary N) is 1. The van der Waals surface area contributed by atoms with Crippen LogP contribution in [0.3, 0.4) is 0 Å². The first-order valence-corrected chi connectivity index (χ1v) is 6.43. The number of ether oxygens (including phenoxy) is 1. The van der Waals surface area contributed by atoms with Crippen molar-refractivity contribution in [2.24, 2.45) is 5.41 Å². The van der Waals surface area contributed by atoms with Crippen molar-refractivity contribution in [2.75, 3.05) is 26.0 Å². The van der Waals surface area contributed by atoms with Crippen LogP contribution in [0.15, 0.2) is 12.1 Å². The van der Waals surface area contributed by atoms with Crippen LogP contribution in [0.25, 0.3) is 0 Å².